The average Bonchev–Trinajstić information content (AvgIpc) is 2.30. The Hall–Kier alpha value is -0.910. The van der Waals surface area contributed by atoms with Gasteiger partial charge in [-0.15, -0.1) is 0 Å². The van der Waals surface area contributed by atoms with E-state index in [9.17, 15) is 4.79 Å². The molecule has 1 aromatic rings. The van der Waals surface area contributed by atoms with Crippen LogP contribution >= 0.6 is 15.9 Å². The largest absolute Gasteiger partial charge is 0.370 e. The zero-order chi connectivity index (χ0) is 12.0. The molecule has 1 atom stereocenters. The van der Waals surface area contributed by atoms with Crippen LogP contribution in [0.25, 0.3) is 0 Å². The van der Waals surface area contributed by atoms with Crippen LogP contribution in [0, 0.1) is 0 Å². The first kappa shape index (κ1) is 13.2. The van der Waals surface area contributed by atoms with Gasteiger partial charge in [-0.1, -0.05) is 28.1 Å². The molecular weight excluding hydrogens is 272 g/mol. The van der Waals surface area contributed by atoms with Crippen LogP contribution in [-0.4, -0.2) is 25.7 Å². The molecule has 1 aromatic carbocycles. The number of nitrogens with one attached hydrogen (secondary N) is 1. The first-order valence-corrected chi connectivity index (χ1v) is 5.71. The van der Waals surface area contributed by atoms with Gasteiger partial charge in [0.25, 0.3) is 5.91 Å². The minimum atomic E-state index is -0.574. The molecule has 5 heteroatoms. The predicted molar refractivity (Wildman–Crippen MR) is 65.8 cm³/mol. The van der Waals surface area contributed by atoms with Crippen molar-refractivity contribution >= 4 is 21.8 Å². The number of carbonyl (C=O) groups is 1. The molecule has 0 aliphatic heterocycles. The number of hydrogen-bond donors (Lipinski definition) is 2. The van der Waals surface area contributed by atoms with E-state index in [4.69, 9.17) is 10.5 Å². The van der Waals surface area contributed by atoms with Crippen LogP contribution in [0.3, 0.4) is 0 Å². The Labute approximate surface area is 103 Å². The van der Waals surface area contributed by atoms with E-state index >= 15 is 0 Å². The van der Waals surface area contributed by atoms with Crippen molar-refractivity contribution in [3.05, 3.63) is 34.3 Å². The van der Waals surface area contributed by atoms with Crippen LogP contribution in [0.15, 0.2) is 28.7 Å². The molecule has 0 radical (unpaired) electrons. The summed E-state index contributed by atoms with van der Waals surface area (Å²) in [5.74, 6) is -0.187. The van der Waals surface area contributed by atoms with Gasteiger partial charge in [-0.3, -0.25) is 4.79 Å². The van der Waals surface area contributed by atoms with E-state index < -0.39 is 6.10 Å². The second kappa shape index (κ2) is 6.62. The van der Waals surface area contributed by atoms with E-state index in [1.54, 1.807) is 0 Å². The lowest BCUT2D eigenvalue weighted by molar-refractivity contribution is -0.130. The smallest absolute Gasteiger partial charge is 0.250 e. The van der Waals surface area contributed by atoms with Crippen LogP contribution in [0.4, 0.5) is 0 Å². The van der Waals surface area contributed by atoms with Crippen LogP contribution in [-0.2, 0) is 16.1 Å². The maximum absolute atomic E-state index is 11.5. The van der Waals surface area contributed by atoms with E-state index in [0.29, 0.717) is 6.54 Å². The Bertz CT molecular complexity index is 336. The summed E-state index contributed by atoms with van der Waals surface area (Å²) in [6.45, 7) is 0.661. The van der Waals surface area contributed by atoms with Crippen LogP contribution < -0.4 is 11.1 Å². The normalized spacial score (nSPS) is 12.2. The number of amides is 1. The highest BCUT2D eigenvalue weighted by Gasteiger charge is 2.14. The molecule has 1 amide bonds. The Morgan fingerprint density at radius 3 is 2.62 bits per heavy atom. The number of rotatable bonds is 5. The van der Waals surface area contributed by atoms with E-state index in [-0.39, 0.29) is 12.5 Å². The molecule has 0 fully saturated rings. The van der Waals surface area contributed by atoms with Crippen molar-refractivity contribution in [1.29, 1.82) is 0 Å². The number of halogens is 1. The Morgan fingerprint density at radius 1 is 1.50 bits per heavy atom. The Balaban J connectivity index is 2.45. The van der Waals surface area contributed by atoms with Gasteiger partial charge in [-0.25, -0.2) is 0 Å². The standard InChI is InChI=1S/C11H15BrN2O2/c1-16-10(6-13)11(15)14-7-8-2-4-9(12)5-3-8/h2-5,10H,6-7,13H2,1H3,(H,14,15). The molecule has 0 aromatic heterocycles. The van der Waals surface area contributed by atoms with Gasteiger partial charge in [0.05, 0.1) is 0 Å². The van der Waals surface area contributed by atoms with Crippen molar-refractivity contribution in [2.24, 2.45) is 5.73 Å². The molecule has 16 heavy (non-hydrogen) atoms. The third-order valence-corrected chi connectivity index (χ3v) is 2.70. The fourth-order valence-corrected chi connectivity index (χ4v) is 1.48. The summed E-state index contributed by atoms with van der Waals surface area (Å²) >= 11 is 3.35. The summed E-state index contributed by atoms with van der Waals surface area (Å²) in [7, 11) is 1.47. The molecule has 0 saturated heterocycles. The van der Waals surface area contributed by atoms with Crippen molar-refractivity contribution in [1.82, 2.24) is 5.32 Å². The SMILES string of the molecule is COC(CN)C(=O)NCc1ccc(Br)cc1. The van der Waals surface area contributed by atoms with Crippen molar-refractivity contribution < 1.29 is 9.53 Å². The number of nitrogens with two attached hydrogens (primary N) is 1. The van der Waals surface area contributed by atoms with Crippen molar-refractivity contribution in [2.75, 3.05) is 13.7 Å². The van der Waals surface area contributed by atoms with Gasteiger partial charge in [-0.2, -0.15) is 0 Å². The maximum Gasteiger partial charge on any atom is 0.250 e. The molecule has 0 aliphatic rings. The highest BCUT2D eigenvalue weighted by molar-refractivity contribution is 9.10. The Morgan fingerprint density at radius 2 is 2.12 bits per heavy atom. The minimum absolute atomic E-state index is 0.183. The monoisotopic (exact) mass is 286 g/mol. The second-order valence-corrected chi connectivity index (χ2v) is 4.22. The van der Waals surface area contributed by atoms with Crippen molar-refractivity contribution in [3.8, 4) is 0 Å². The fraction of sp³-hybridized carbons (Fsp3) is 0.364. The first-order chi connectivity index (χ1) is 7.67. The zero-order valence-corrected chi connectivity index (χ0v) is 10.7. The van der Waals surface area contributed by atoms with Gasteiger partial charge in [-0.05, 0) is 17.7 Å². The van der Waals surface area contributed by atoms with Gasteiger partial charge in [0.2, 0.25) is 0 Å². The van der Waals surface area contributed by atoms with E-state index in [0.717, 1.165) is 10.0 Å². The lowest BCUT2D eigenvalue weighted by atomic mass is 10.2. The summed E-state index contributed by atoms with van der Waals surface area (Å²) in [5.41, 5.74) is 6.41. The summed E-state index contributed by atoms with van der Waals surface area (Å²) in [6.07, 6.45) is -0.574. The molecule has 1 rings (SSSR count). The van der Waals surface area contributed by atoms with E-state index in [2.05, 4.69) is 21.2 Å². The van der Waals surface area contributed by atoms with Gasteiger partial charge in [0.15, 0.2) is 0 Å². The molecule has 0 saturated carbocycles. The quantitative estimate of drug-likeness (QED) is 0.850. The topological polar surface area (TPSA) is 64.3 Å². The molecule has 0 spiro atoms. The van der Waals surface area contributed by atoms with Crippen molar-refractivity contribution in [3.63, 3.8) is 0 Å². The molecule has 0 bridgehead atoms. The average molecular weight is 287 g/mol. The van der Waals surface area contributed by atoms with Gasteiger partial charge < -0.3 is 15.8 Å². The lowest BCUT2D eigenvalue weighted by Gasteiger charge is -2.12. The molecule has 0 heterocycles. The summed E-state index contributed by atoms with van der Waals surface area (Å²) in [6, 6.07) is 7.74. The predicted octanol–water partition coefficient (Wildman–Crippen LogP) is 1.04. The highest BCUT2D eigenvalue weighted by Crippen LogP contribution is 2.10. The number of hydrogen-bond acceptors (Lipinski definition) is 3. The maximum atomic E-state index is 11.5. The molecule has 4 nitrogen and oxygen atoms in total. The molecule has 88 valence electrons. The zero-order valence-electron chi connectivity index (χ0n) is 9.07. The third-order valence-electron chi connectivity index (χ3n) is 2.17. The van der Waals surface area contributed by atoms with Crippen LogP contribution in [0.5, 0.6) is 0 Å². The Kier molecular flexibility index (Phi) is 5.45. The molecule has 3 N–H and O–H groups in total. The van der Waals surface area contributed by atoms with Gasteiger partial charge >= 0.3 is 0 Å². The molecule has 1 unspecified atom stereocenters. The summed E-state index contributed by atoms with van der Waals surface area (Å²) < 4.78 is 5.94. The van der Waals surface area contributed by atoms with E-state index in [1.807, 2.05) is 24.3 Å². The van der Waals surface area contributed by atoms with Crippen LogP contribution in [0.1, 0.15) is 5.56 Å². The number of methoxy groups -OCH3 is 1. The highest BCUT2D eigenvalue weighted by atomic mass is 79.9. The van der Waals surface area contributed by atoms with Gasteiger partial charge in [0.1, 0.15) is 6.10 Å². The third kappa shape index (κ3) is 3.92. The van der Waals surface area contributed by atoms with E-state index in [1.165, 1.54) is 7.11 Å². The summed E-state index contributed by atoms with van der Waals surface area (Å²) in [5, 5.41) is 2.76. The number of ether oxygens (including phenoxy) is 1. The number of carbonyl (C=O) groups excluding carboxylic acids is 1. The molecule has 0 aliphatic carbocycles. The minimum Gasteiger partial charge on any atom is -0.370 e. The van der Waals surface area contributed by atoms with Gasteiger partial charge in [0, 0.05) is 24.7 Å². The number of benzene rings is 1. The lowest BCUT2D eigenvalue weighted by Crippen LogP contribution is -2.40. The van der Waals surface area contributed by atoms with Crippen molar-refractivity contribution in [2.45, 2.75) is 12.6 Å². The second-order valence-electron chi connectivity index (χ2n) is 3.30. The molecular formula is C11H15BrN2O2. The van der Waals surface area contributed by atoms with Crippen LogP contribution in [0.2, 0.25) is 0 Å². The summed E-state index contributed by atoms with van der Waals surface area (Å²) in [4.78, 5) is 11.5. The first-order valence-electron chi connectivity index (χ1n) is 4.92. The fourth-order valence-electron chi connectivity index (χ4n) is 1.22.